The van der Waals surface area contributed by atoms with E-state index in [9.17, 15) is 5.11 Å². The minimum absolute atomic E-state index is 0.0761. The average molecular weight is 249 g/mol. The van der Waals surface area contributed by atoms with Gasteiger partial charge in [0.15, 0.2) is 0 Å². The van der Waals surface area contributed by atoms with Crippen LogP contribution in [-0.2, 0) is 0 Å². The molecule has 0 bridgehead atoms. The molecule has 0 heterocycles. The molecule has 0 fully saturated rings. The Hall–Kier alpha value is -0.860. The fourth-order valence-electron chi connectivity index (χ4n) is 2.31. The molecule has 2 unspecified atom stereocenters. The maximum Gasteiger partial charge on any atom is 0.0620 e. The maximum absolute atomic E-state index is 10.3. The first kappa shape index (κ1) is 15.2. The Morgan fingerprint density at radius 3 is 2.33 bits per heavy atom. The van der Waals surface area contributed by atoms with Crippen molar-refractivity contribution >= 4 is 0 Å². The lowest BCUT2D eigenvalue weighted by Gasteiger charge is -2.22. The highest BCUT2D eigenvalue weighted by molar-refractivity contribution is 5.25. The predicted molar refractivity (Wildman–Crippen MR) is 77.7 cm³/mol. The first-order valence-electron chi connectivity index (χ1n) is 7.13. The molecule has 0 aromatic heterocycles. The molecule has 2 atom stereocenters. The van der Waals surface area contributed by atoms with Crippen molar-refractivity contribution in [2.45, 2.75) is 58.0 Å². The number of aryl methyl sites for hydroxylation is 1. The highest BCUT2D eigenvalue weighted by Gasteiger charge is 2.19. The second-order valence-corrected chi connectivity index (χ2v) is 5.17. The van der Waals surface area contributed by atoms with Gasteiger partial charge in [0.1, 0.15) is 0 Å². The molecule has 0 saturated carbocycles. The number of aliphatic hydroxyl groups excluding tert-OH is 1. The molecule has 102 valence electrons. The van der Waals surface area contributed by atoms with Gasteiger partial charge in [0.05, 0.1) is 6.10 Å². The van der Waals surface area contributed by atoms with Crippen molar-refractivity contribution in [3.8, 4) is 0 Å². The van der Waals surface area contributed by atoms with Crippen LogP contribution in [0.4, 0.5) is 0 Å². The van der Waals surface area contributed by atoms with Crippen molar-refractivity contribution in [3.63, 3.8) is 0 Å². The van der Waals surface area contributed by atoms with Gasteiger partial charge in [0, 0.05) is 12.5 Å². The lowest BCUT2D eigenvalue weighted by molar-refractivity contribution is 0.132. The Labute approximate surface area is 111 Å². The third-order valence-electron chi connectivity index (χ3n) is 3.58. The average Bonchev–Trinajstić information content (AvgIpc) is 2.38. The van der Waals surface area contributed by atoms with E-state index in [2.05, 4.69) is 38.1 Å². The zero-order chi connectivity index (χ0) is 13.4. The number of benzene rings is 1. The second-order valence-electron chi connectivity index (χ2n) is 5.17. The molecule has 18 heavy (non-hydrogen) atoms. The summed E-state index contributed by atoms with van der Waals surface area (Å²) in [6.07, 6.45) is 5.33. The van der Waals surface area contributed by atoms with Gasteiger partial charge in [-0.1, -0.05) is 62.4 Å². The summed E-state index contributed by atoms with van der Waals surface area (Å²) in [6.45, 7) is 4.78. The summed E-state index contributed by atoms with van der Waals surface area (Å²) >= 11 is 0. The summed E-state index contributed by atoms with van der Waals surface area (Å²) in [7, 11) is 0. The quantitative estimate of drug-likeness (QED) is 0.694. The fraction of sp³-hybridized carbons (Fsp3) is 0.625. The van der Waals surface area contributed by atoms with Crippen molar-refractivity contribution in [1.82, 2.24) is 0 Å². The van der Waals surface area contributed by atoms with Gasteiger partial charge in [-0.3, -0.25) is 0 Å². The molecule has 1 aromatic carbocycles. The topological polar surface area (TPSA) is 46.2 Å². The standard InChI is InChI=1S/C16H27NO/c1-3-4-5-6-7-16(18)15(12-17)14-10-8-13(2)9-11-14/h8-11,15-16,18H,3-7,12,17H2,1-2H3. The minimum Gasteiger partial charge on any atom is -0.392 e. The normalized spacial score (nSPS) is 14.4. The minimum atomic E-state index is -0.311. The molecule has 0 aliphatic rings. The van der Waals surface area contributed by atoms with Crippen LogP contribution in [0.25, 0.3) is 0 Å². The Morgan fingerprint density at radius 2 is 1.78 bits per heavy atom. The molecule has 0 amide bonds. The van der Waals surface area contributed by atoms with Gasteiger partial charge in [-0.15, -0.1) is 0 Å². The Morgan fingerprint density at radius 1 is 1.11 bits per heavy atom. The number of nitrogens with two attached hydrogens (primary N) is 1. The largest absolute Gasteiger partial charge is 0.392 e. The van der Waals surface area contributed by atoms with Crippen LogP contribution in [0.3, 0.4) is 0 Å². The molecule has 0 radical (unpaired) electrons. The Kier molecular flexibility index (Phi) is 6.99. The van der Waals surface area contributed by atoms with Gasteiger partial charge < -0.3 is 10.8 Å². The van der Waals surface area contributed by atoms with E-state index in [0.29, 0.717) is 6.54 Å². The smallest absolute Gasteiger partial charge is 0.0620 e. The van der Waals surface area contributed by atoms with E-state index in [1.165, 1.54) is 24.8 Å². The van der Waals surface area contributed by atoms with Crippen molar-refractivity contribution in [2.24, 2.45) is 5.73 Å². The summed E-state index contributed by atoms with van der Waals surface area (Å²) in [5.74, 6) is 0.0761. The third-order valence-corrected chi connectivity index (χ3v) is 3.58. The number of hydrogen-bond acceptors (Lipinski definition) is 2. The van der Waals surface area contributed by atoms with Gasteiger partial charge in [-0.25, -0.2) is 0 Å². The summed E-state index contributed by atoms with van der Waals surface area (Å²) in [5, 5.41) is 10.3. The first-order valence-corrected chi connectivity index (χ1v) is 7.13. The molecule has 1 rings (SSSR count). The molecule has 3 N–H and O–H groups in total. The molecule has 2 heteroatoms. The molecule has 0 aliphatic carbocycles. The van der Waals surface area contributed by atoms with Gasteiger partial charge in [-0.05, 0) is 18.9 Å². The zero-order valence-electron chi connectivity index (χ0n) is 11.7. The van der Waals surface area contributed by atoms with E-state index in [1.54, 1.807) is 0 Å². The van der Waals surface area contributed by atoms with E-state index in [4.69, 9.17) is 5.73 Å². The Bertz CT molecular complexity index is 320. The second kappa shape index (κ2) is 8.28. The van der Waals surface area contributed by atoms with E-state index in [-0.39, 0.29) is 12.0 Å². The fourth-order valence-corrected chi connectivity index (χ4v) is 2.31. The van der Waals surface area contributed by atoms with Crippen LogP contribution >= 0.6 is 0 Å². The van der Waals surface area contributed by atoms with Gasteiger partial charge in [-0.2, -0.15) is 0 Å². The van der Waals surface area contributed by atoms with Crippen LogP contribution in [0.2, 0.25) is 0 Å². The summed E-state index contributed by atoms with van der Waals surface area (Å²) < 4.78 is 0. The molecule has 0 aliphatic heterocycles. The zero-order valence-corrected chi connectivity index (χ0v) is 11.7. The third kappa shape index (κ3) is 4.79. The molecule has 2 nitrogen and oxygen atoms in total. The SMILES string of the molecule is CCCCCCC(O)C(CN)c1ccc(C)cc1. The highest BCUT2D eigenvalue weighted by Crippen LogP contribution is 2.23. The molecular formula is C16H27NO. The number of rotatable bonds is 8. The van der Waals surface area contributed by atoms with Crippen molar-refractivity contribution < 1.29 is 5.11 Å². The Balaban J connectivity index is 2.51. The van der Waals surface area contributed by atoms with E-state index < -0.39 is 0 Å². The lowest BCUT2D eigenvalue weighted by Crippen LogP contribution is -2.25. The highest BCUT2D eigenvalue weighted by atomic mass is 16.3. The maximum atomic E-state index is 10.3. The van der Waals surface area contributed by atoms with E-state index >= 15 is 0 Å². The van der Waals surface area contributed by atoms with Gasteiger partial charge in [0.2, 0.25) is 0 Å². The monoisotopic (exact) mass is 249 g/mol. The van der Waals surface area contributed by atoms with Crippen LogP contribution in [0.5, 0.6) is 0 Å². The number of unbranched alkanes of at least 4 members (excludes halogenated alkanes) is 3. The van der Waals surface area contributed by atoms with Crippen LogP contribution < -0.4 is 5.73 Å². The molecule has 0 saturated heterocycles. The van der Waals surface area contributed by atoms with Gasteiger partial charge in [0.25, 0.3) is 0 Å². The van der Waals surface area contributed by atoms with Crippen molar-refractivity contribution in [1.29, 1.82) is 0 Å². The molecule has 1 aromatic rings. The predicted octanol–water partition coefficient (Wildman–Crippen LogP) is 3.37. The van der Waals surface area contributed by atoms with Crippen molar-refractivity contribution in [2.75, 3.05) is 6.54 Å². The van der Waals surface area contributed by atoms with E-state index in [1.807, 2.05) is 0 Å². The lowest BCUT2D eigenvalue weighted by atomic mass is 9.90. The van der Waals surface area contributed by atoms with Gasteiger partial charge >= 0.3 is 0 Å². The molecule has 0 spiro atoms. The van der Waals surface area contributed by atoms with Crippen LogP contribution in [0.15, 0.2) is 24.3 Å². The van der Waals surface area contributed by atoms with Crippen molar-refractivity contribution in [3.05, 3.63) is 35.4 Å². The molecular weight excluding hydrogens is 222 g/mol. The van der Waals surface area contributed by atoms with Crippen LogP contribution in [0.1, 0.15) is 56.1 Å². The van der Waals surface area contributed by atoms with Crippen LogP contribution in [0, 0.1) is 6.92 Å². The van der Waals surface area contributed by atoms with E-state index in [0.717, 1.165) is 18.4 Å². The number of hydrogen-bond donors (Lipinski definition) is 2. The summed E-state index contributed by atoms with van der Waals surface area (Å²) in [4.78, 5) is 0. The summed E-state index contributed by atoms with van der Waals surface area (Å²) in [5.41, 5.74) is 8.22. The van der Waals surface area contributed by atoms with Crippen LogP contribution in [-0.4, -0.2) is 17.8 Å². The summed E-state index contributed by atoms with van der Waals surface area (Å²) in [6, 6.07) is 8.34. The first-order chi connectivity index (χ1) is 8.69. The number of aliphatic hydroxyl groups is 1.